The third kappa shape index (κ3) is 9.83. The molecule has 0 bridgehead atoms. The average Bonchev–Trinajstić information content (AvgIpc) is 3.32. The fourth-order valence-corrected chi connectivity index (χ4v) is 8.20. The summed E-state index contributed by atoms with van der Waals surface area (Å²) in [5, 5.41) is 0.0879. The summed E-state index contributed by atoms with van der Waals surface area (Å²) in [5.74, 6) is 4.92. The molecule has 1 aliphatic carbocycles. The highest BCUT2D eigenvalue weighted by Gasteiger charge is 2.51. The molecule has 2 saturated heterocycles. The van der Waals surface area contributed by atoms with Gasteiger partial charge in [0.1, 0.15) is 11.5 Å². The van der Waals surface area contributed by atoms with E-state index in [2.05, 4.69) is 62.6 Å². The van der Waals surface area contributed by atoms with E-state index in [1.54, 1.807) is 0 Å². The van der Waals surface area contributed by atoms with E-state index in [0.717, 1.165) is 76.1 Å². The van der Waals surface area contributed by atoms with Crippen molar-refractivity contribution in [3.8, 4) is 18.1 Å². The Morgan fingerprint density at radius 1 is 1.02 bits per heavy atom. The first-order chi connectivity index (χ1) is 21.0. The number of hydrogen-bond acceptors (Lipinski definition) is 6. The lowest BCUT2D eigenvalue weighted by atomic mass is 9.83. The second-order valence-corrected chi connectivity index (χ2v) is 20.0. The van der Waals surface area contributed by atoms with Gasteiger partial charge in [-0.05, 0) is 93.6 Å². The minimum Gasteiger partial charge on any atom is -0.493 e. The van der Waals surface area contributed by atoms with Crippen LogP contribution in [0.3, 0.4) is 0 Å². The lowest BCUT2D eigenvalue weighted by Gasteiger charge is -2.40. The fourth-order valence-electron chi connectivity index (χ4n) is 6.38. The zero-order chi connectivity index (χ0) is 31.7. The first-order valence-corrected chi connectivity index (χ1v) is 20.5. The van der Waals surface area contributed by atoms with Crippen LogP contribution >= 0.6 is 15.9 Å². The highest BCUT2D eigenvalue weighted by Crippen LogP contribution is 2.49. The number of para-hydroxylation sites is 1. The molecular weight excluding hydrogens is 636 g/mol. The topological polar surface area (TPSA) is 55.4 Å². The van der Waals surface area contributed by atoms with Crippen LogP contribution < -0.4 is 4.74 Å². The fraction of sp³-hybridized carbons (Fsp3) is 0.722. The molecule has 0 radical (unpaired) electrons. The minimum atomic E-state index is -2.08. The van der Waals surface area contributed by atoms with Crippen LogP contribution in [0.5, 0.6) is 5.75 Å². The van der Waals surface area contributed by atoms with Crippen LogP contribution in [0.4, 0.5) is 0 Å². The zero-order valence-corrected chi connectivity index (χ0v) is 30.4. The summed E-state index contributed by atoms with van der Waals surface area (Å²) in [7, 11) is -2.08. The molecule has 2 heterocycles. The first-order valence-electron chi connectivity index (χ1n) is 16.7. The van der Waals surface area contributed by atoms with Gasteiger partial charge in [0, 0.05) is 25.4 Å². The summed E-state index contributed by atoms with van der Waals surface area (Å²) in [6.45, 7) is 15.8. The van der Waals surface area contributed by atoms with E-state index in [1.807, 2.05) is 30.3 Å². The highest BCUT2D eigenvalue weighted by atomic mass is 79.9. The minimum absolute atomic E-state index is 0.0191. The predicted molar refractivity (Wildman–Crippen MR) is 182 cm³/mol. The first kappa shape index (κ1) is 35.5. The Morgan fingerprint density at radius 2 is 1.68 bits per heavy atom. The Kier molecular flexibility index (Phi) is 13.3. The SMILES string of the molecule is C#C[C@@H](Br)C[C@@H]1[C@@H](/C(C)=C(\CCOc2ccccc2)OC2CCCCO2)[C@@H](OC2CCCCO2)C[C@@H]1O[Si](C)(C)C(C)(C)C. The maximum absolute atomic E-state index is 7.21. The van der Waals surface area contributed by atoms with Gasteiger partial charge in [0.05, 0.1) is 30.2 Å². The number of halogens is 1. The van der Waals surface area contributed by atoms with Gasteiger partial charge in [0.15, 0.2) is 20.9 Å². The summed E-state index contributed by atoms with van der Waals surface area (Å²) in [6, 6.07) is 9.96. The Labute approximate surface area is 276 Å². The van der Waals surface area contributed by atoms with E-state index in [0.29, 0.717) is 13.0 Å². The maximum Gasteiger partial charge on any atom is 0.199 e. The molecule has 0 N–H and O–H groups in total. The second-order valence-electron chi connectivity index (χ2n) is 14.1. The molecule has 44 heavy (non-hydrogen) atoms. The molecular formula is C36H55BrO6Si. The van der Waals surface area contributed by atoms with Crippen LogP contribution in [0.1, 0.15) is 85.5 Å². The molecule has 4 rings (SSSR count). The Bertz CT molecular complexity index is 1080. The number of benzene rings is 1. The Balaban J connectivity index is 1.69. The Hall–Kier alpha value is -1.34. The predicted octanol–water partition coefficient (Wildman–Crippen LogP) is 9.00. The number of alkyl halides is 1. The van der Waals surface area contributed by atoms with E-state index in [9.17, 15) is 0 Å². The number of terminal acetylenes is 1. The molecule has 0 spiro atoms. The van der Waals surface area contributed by atoms with E-state index in [-0.39, 0.29) is 46.5 Å². The largest absolute Gasteiger partial charge is 0.493 e. The second kappa shape index (κ2) is 16.5. The molecule has 1 saturated carbocycles. The van der Waals surface area contributed by atoms with Gasteiger partial charge in [-0.3, -0.25) is 0 Å². The summed E-state index contributed by atoms with van der Waals surface area (Å²) >= 11 is 3.78. The molecule has 0 aromatic heterocycles. The van der Waals surface area contributed by atoms with E-state index < -0.39 is 8.32 Å². The average molecular weight is 692 g/mol. The van der Waals surface area contributed by atoms with Gasteiger partial charge in [-0.15, -0.1) is 6.42 Å². The molecule has 3 aliphatic rings. The van der Waals surface area contributed by atoms with Crippen LogP contribution in [0.15, 0.2) is 41.7 Å². The van der Waals surface area contributed by atoms with Crippen LogP contribution in [0.2, 0.25) is 18.1 Å². The van der Waals surface area contributed by atoms with Crippen LogP contribution in [-0.2, 0) is 23.4 Å². The van der Waals surface area contributed by atoms with Gasteiger partial charge < -0.3 is 28.1 Å². The molecule has 3 fully saturated rings. The number of rotatable bonds is 13. The molecule has 7 atom stereocenters. The summed E-state index contributed by atoms with van der Waals surface area (Å²) in [6.07, 6.45) is 13.9. The lowest BCUT2D eigenvalue weighted by molar-refractivity contribution is -0.194. The summed E-state index contributed by atoms with van der Waals surface area (Å²) < 4.78 is 39.1. The van der Waals surface area contributed by atoms with Crippen LogP contribution in [-0.4, -0.2) is 57.8 Å². The molecule has 246 valence electrons. The van der Waals surface area contributed by atoms with Gasteiger partial charge in [-0.2, -0.15) is 0 Å². The van der Waals surface area contributed by atoms with Gasteiger partial charge >= 0.3 is 0 Å². The van der Waals surface area contributed by atoms with Crippen molar-refractivity contribution in [2.75, 3.05) is 19.8 Å². The molecule has 2 unspecified atom stereocenters. The van der Waals surface area contributed by atoms with Gasteiger partial charge in [-0.1, -0.05) is 60.8 Å². The summed E-state index contributed by atoms with van der Waals surface area (Å²) in [5.41, 5.74) is 1.18. The van der Waals surface area contributed by atoms with Crippen molar-refractivity contribution >= 4 is 24.2 Å². The maximum atomic E-state index is 7.21. The van der Waals surface area contributed by atoms with Crippen molar-refractivity contribution in [1.82, 2.24) is 0 Å². The highest BCUT2D eigenvalue weighted by molar-refractivity contribution is 9.09. The molecule has 1 aromatic carbocycles. The third-order valence-corrected chi connectivity index (χ3v) is 15.0. The van der Waals surface area contributed by atoms with Crippen molar-refractivity contribution in [3.63, 3.8) is 0 Å². The van der Waals surface area contributed by atoms with E-state index >= 15 is 0 Å². The van der Waals surface area contributed by atoms with Crippen molar-refractivity contribution < 1.29 is 28.1 Å². The van der Waals surface area contributed by atoms with Crippen LogP contribution in [0, 0.1) is 24.2 Å². The van der Waals surface area contributed by atoms with E-state index in [4.69, 9.17) is 34.5 Å². The van der Waals surface area contributed by atoms with Gasteiger partial charge in [0.25, 0.3) is 0 Å². The normalized spacial score (nSPS) is 29.4. The summed E-state index contributed by atoms with van der Waals surface area (Å²) in [4.78, 5) is -0.0644. The van der Waals surface area contributed by atoms with Crippen molar-refractivity contribution in [2.24, 2.45) is 11.8 Å². The van der Waals surface area contributed by atoms with Crippen molar-refractivity contribution in [1.29, 1.82) is 0 Å². The monoisotopic (exact) mass is 690 g/mol. The van der Waals surface area contributed by atoms with Gasteiger partial charge in [-0.25, -0.2) is 0 Å². The van der Waals surface area contributed by atoms with Crippen LogP contribution in [0.25, 0.3) is 0 Å². The standard InChI is InChI=1S/C36H55BrO6Si/c1-8-27(37)24-29-31(43-44(6,7)36(3,4)5)25-32(42-34-19-13-15-22-40-34)35(29)26(2)30(41-33-18-12-14-21-39-33)20-23-38-28-16-10-9-11-17-28/h1,9-11,16-17,27,29,31-35H,12-15,18-25H2,2-7H3/b30-26+/t27-,29+,31+,32+,33?,34?,35-/m1/s1. The molecule has 8 heteroatoms. The van der Waals surface area contributed by atoms with E-state index in [1.165, 1.54) is 5.57 Å². The quantitative estimate of drug-likeness (QED) is 0.0891. The molecule has 0 amide bonds. The third-order valence-electron chi connectivity index (χ3n) is 9.87. The van der Waals surface area contributed by atoms with Gasteiger partial charge in [0.2, 0.25) is 0 Å². The van der Waals surface area contributed by atoms with Crippen molar-refractivity contribution in [3.05, 3.63) is 41.7 Å². The molecule has 2 aliphatic heterocycles. The van der Waals surface area contributed by atoms with Crippen molar-refractivity contribution in [2.45, 2.75) is 133 Å². The Morgan fingerprint density at radius 3 is 2.27 bits per heavy atom. The zero-order valence-electron chi connectivity index (χ0n) is 27.8. The smallest absolute Gasteiger partial charge is 0.199 e. The number of hydrogen-bond donors (Lipinski definition) is 0. The molecule has 6 nitrogen and oxygen atoms in total. The number of ether oxygens (including phenoxy) is 5. The molecule has 1 aromatic rings. The lowest BCUT2D eigenvalue weighted by Crippen LogP contribution is -2.45.